The largest absolute Gasteiger partial charge is 0.480 e. The summed E-state index contributed by atoms with van der Waals surface area (Å²) < 4.78 is 26.3. The van der Waals surface area contributed by atoms with E-state index in [0.29, 0.717) is 0 Å². The van der Waals surface area contributed by atoms with E-state index in [1.54, 1.807) is 0 Å². The lowest BCUT2D eigenvalue weighted by molar-refractivity contribution is -0.139. The minimum Gasteiger partial charge on any atom is -0.480 e. The van der Waals surface area contributed by atoms with E-state index >= 15 is 0 Å². The number of carbonyl (C=O) groups is 3. The van der Waals surface area contributed by atoms with E-state index in [9.17, 15) is 23.2 Å². The number of primary amides is 1. The summed E-state index contributed by atoms with van der Waals surface area (Å²) in [5.74, 6) is -5.82. The van der Waals surface area contributed by atoms with Crippen molar-refractivity contribution < 1.29 is 28.3 Å². The first-order chi connectivity index (χ1) is 9.32. The van der Waals surface area contributed by atoms with Crippen LogP contribution in [0.25, 0.3) is 0 Å². The van der Waals surface area contributed by atoms with Gasteiger partial charge in [0.15, 0.2) is 11.6 Å². The Morgan fingerprint density at radius 1 is 1.30 bits per heavy atom. The van der Waals surface area contributed by atoms with Crippen molar-refractivity contribution in [3.8, 4) is 0 Å². The first-order valence-corrected chi connectivity index (χ1v) is 5.59. The Morgan fingerprint density at radius 3 is 2.50 bits per heavy atom. The molecular weight excluding hydrogens is 274 g/mol. The highest BCUT2D eigenvalue weighted by Crippen LogP contribution is 2.11. The third kappa shape index (κ3) is 4.01. The average molecular weight is 286 g/mol. The van der Waals surface area contributed by atoms with Crippen molar-refractivity contribution in [1.82, 2.24) is 5.32 Å². The molecule has 20 heavy (non-hydrogen) atoms. The first-order valence-electron chi connectivity index (χ1n) is 5.59. The van der Waals surface area contributed by atoms with Crippen molar-refractivity contribution in [2.45, 2.75) is 18.9 Å². The molecule has 0 fully saturated rings. The van der Waals surface area contributed by atoms with Gasteiger partial charge in [-0.25, -0.2) is 13.6 Å². The standard InChI is InChI=1S/C12H12F2N2O4/c13-7-3-1-2-6(10(7)14)11(18)16-8(12(19)20)4-5-9(15)17/h1-3,8H,4-5H2,(H2,15,17)(H,16,18)(H,19,20)/t8-/m0/s1. The summed E-state index contributed by atoms with van der Waals surface area (Å²) in [5, 5.41) is 10.9. The van der Waals surface area contributed by atoms with Gasteiger partial charge in [0.2, 0.25) is 5.91 Å². The molecule has 0 aliphatic heterocycles. The van der Waals surface area contributed by atoms with E-state index in [2.05, 4.69) is 0 Å². The number of benzene rings is 1. The van der Waals surface area contributed by atoms with Gasteiger partial charge in [-0.2, -0.15) is 0 Å². The van der Waals surface area contributed by atoms with Crippen LogP contribution in [0.3, 0.4) is 0 Å². The average Bonchev–Trinajstić information content (AvgIpc) is 2.36. The number of carboxylic acids is 1. The lowest BCUT2D eigenvalue weighted by Gasteiger charge is -2.14. The van der Waals surface area contributed by atoms with Crippen molar-refractivity contribution >= 4 is 17.8 Å². The van der Waals surface area contributed by atoms with E-state index in [4.69, 9.17) is 10.8 Å². The molecule has 0 heterocycles. The molecule has 0 aromatic heterocycles. The van der Waals surface area contributed by atoms with Gasteiger partial charge in [-0.1, -0.05) is 6.07 Å². The van der Waals surface area contributed by atoms with Crippen LogP contribution in [0.5, 0.6) is 0 Å². The Labute approximate surface area is 112 Å². The van der Waals surface area contributed by atoms with Gasteiger partial charge in [-0.15, -0.1) is 0 Å². The Bertz CT molecular complexity index is 548. The fourth-order valence-electron chi connectivity index (χ4n) is 1.46. The van der Waals surface area contributed by atoms with Gasteiger partial charge in [0, 0.05) is 6.42 Å². The van der Waals surface area contributed by atoms with Crippen molar-refractivity contribution in [2.75, 3.05) is 0 Å². The number of nitrogens with two attached hydrogens (primary N) is 1. The molecule has 0 aliphatic carbocycles. The number of hydrogen-bond donors (Lipinski definition) is 3. The van der Waals surface area contributed by atoms with Gasteiger partial charge in [0.1, 0.15) is 6.04 Å². The van der Waals surface area contributed by atoms with Crippen molar-refractivity contribution in [3.63, 3.8) is 0 Å². The molecule has 6 nitrogen and oxygen atoms in total. The van der Waals surface area contributed by atoms with Crippen LogP contribution in [0.15, 0.2) is 18.2 Å². The van der Waals surface area contributed by atoms with Gasteiger partial charge < -0.3 is 16.2 Å². The lowest BCUT2D eigenvalue weighted by atomic mass is 10.1. The summed E-state index contributed by atoms with van der Waals surface area (Å²) in [4.78, 5) is 33.2. The number of aliphatic carboxylic acids is 1. The second-order valence-corrected chi connectivity index (χ2v) is 3.97. The molecule has 1 rings (SSSR count). The number of nitrogens with one attached hydrogen (secondary N) is 1. The molecule has 1 atom stereocenters. The molecule has 108 valence electrons. The minimum atomic E-state index is -1.42. The summed E-state index contributed by atoms with van der Waals surface area (Å²) in [6.07, 6.45) is -0.504. The van der Waals surface area contributed by atoms with Gasteiger partial charge in [-0.3, -0.25) is 9.59 Å². The molecule has 0 saturated carbocycles. The highest BCUT2D eigenvalue weighted by Gasteiger charge is 2.23. The zero-order chi connectivity index (χ0) is 15.3. The normalized spacial score (nSPS) is 11.7. The predicted octanol–water partition coefficient (Wildman–Crippen LogP) is 0.413. The molecule has 0 spiro atoms. The maximum atomic E-state index is 13.4. The minimum absolute atomic E-state index is 0.243. The third-order valence-electron chi connectivity index (χ3n) is 2.48. The Balaban J connectivity index is 2.83. The van der Waals surface area contributed by atoms with Crippen LogP contribution in [0.2, 0.25) is 0 Å². The lowest BCUT2D eigenvalue weighted by Crippen LogP contribution is -2.41. The second-order valence-electron chi connectivity index (χ2n) is 3.97. The molecule has 8 heteroatoms. The molecule has 0 radical (unpaired) electrons. The van der Waals surface area contributed by atoms with Crippen molar-refractivity contribution in [3.05, 3.63) is 35.4 Å². The molecule has 0 saturated heterocycles. The highest BCUT2D eigenvalue weighted by atomic mass is 19.2. The Kier molecular flexibility index (Phi) is 5.13. The number of hydrogen-bond acceptors (Lipinski definition) is 3. The zero-order valence-electron chi connectivity index (χ0n) is 10.2. The van der Waals surface area contributed by atoms with Crippen LogP contribution in [0, 0.1) is 11.6 Å². The van der Waals surface area contributed by atoms with Crippen LogP contribution < -0.4 is 11.1 Å². The van der Waals surface area contributed by atoms with Crippen LogP contribution in [-0.4, -0.2) is 28.9 Å². The Hall–Kier alpha value is -2.51. The molecule has 4 N–H and O–H groups in total. The van der Waals surface area contributed by atoms with Crippen molar-refractivity contribution in [2.24, 2.45) is 5.73 Å². The quantitative estimate of drug-likeness (QED) is 0.703. The molecule has 0 unspecified atom stereocenters. The van der Waals surface area contributed by atoms with Crippen LogP contribution in [0.4, 0.5) is 8.78 Å². The third-order valence-corrected chi connectivity index (χ3v) is 2.48. The van der Waals surface area contributed by atoms with E-state index in [1.165, 1.54) is 0 Å². The fourth-order valence-corrected chi connectivity index (χ4v) is 1.46. The maximum Gasteiger partial charge on any atom is 0.326 e. The monoisotopic (exact) mass is 286 g/mol. The zero-order valence-corrected chi connectivity index (χ0v) is 10.2. The number of carboxylic acid groups (broad SMARTS) is 1. The molecule has 2 amide bonds. The molecule has 0 aliphatic rings. The van der Waals surface area contributed by atoms with E-state index in [0.717, 1.165) is 18.2 Å². The molecule has 0 bridgehead atoms. The fraction of sp³-hybridized carbons (Fsp3) is 0.250. The number of amides is 2. The highest BCUT2D eigenvalue weighted by molar-refractivity contribution is 5.96. The molecular formula is C12H12F2N2O4. The number of halogens is 2. The van der Waals surface area contributed by atoms with Gasteiger partial charge in [-0.05, 0) is 18.6 Å². The summed E-state index contributed by atoms with van der Waals surface area (Å²) in [7, 11) is 0. The summed E-state index contributed by atoms with van der Waals surface area (Å²) in [5.41, 5.74) is 4.26. The number of carbonyl (C=O) groups excluding carboxylic acids is 2. The van der Waals surface area contributed by atoms with E-state index < -0.39 is 41.0 Å². The van der Waals surface area contributed by atoms with E-state index in [-0.39, 0.29) is 12.8 Å². The summed E-state index contributed by atoms with van der Waals surface area (Å²) in [6, 6.07) is 1.54. The predicted molar refractivity (Wildman–Crippen MR) is 63.7 cm³/mol. The van der Waals surface area contributed by atoms with Crippen molar-refractivity contribution in [1.29, 1.82) is 0 Å². The van der Waals surface area contributed by atoms with Gasteiger partial charge in [0.25, 0.3) is 5.91 Å². The summed E-state index contributed by atoms with van der Waals surface area (Å²) >= 11 is 0. The van der Waals surface area contributed by atoms with Gasteiger partial charge in [0.05, 0.1) is 5.56 Å². The molecule has 1 aromatic rings. The van der Waals surface area contributed by atoms with Crippen LogP contribution >= 0.6 is 0 Å². The smallest absolute Gasteiger partial charge is 0.326 e. The second kappa shape index (κ2) is 6.60. The topological polar surface area (TPSA) is 109 Å². The maximum absolute atomic E-state index is 13.4. The SMILES string of the molecule is NC(=O)CC[C@H](NC(=O)c1cccc(F)c1F)C(=O)O. The molecule has 1 aromatic carbocycles. The van der Waals surface area contributed by atoms with Crippen LogP contribution in [0.1, 0.15) is 23.2 Å². The van der Waals surface area contributed by atoms with E-state index in [1.807, 2.05) is 5.32 Å². The van der Waals surface area contributed by atoms with Gasteiger partial charge >= 0.3 is 5.97 Å². The number of rotatable bonds is 6. The first kappa shape index (κ1) is 15.5. The Morgan fingerprint density at radius 2 is 1.95 bits per heavy atom. The van der Waals surface area contributed by atoms with Crippen LogP contribution in [-0.2, 0) is 9.59 Å². The summed E-state index contributed by atoms with van der Waals surface area (Å²) in [6.45, 7) is 0.